The van der Waals surface area contributed by atoms with Crippen LogP contribution in [0.15, 0.2) is 42.5 Å². The molecule has 804 valence electrons. The van der Waals surface area contributed by atoms with E-state index in [1.165, 1.54) is 85.3 Å². The molecule has 1 rings (SSSR count). The molecule has 1 aromatic rings. The lowest BCUT2D eigenvalue weighted by molar-refractivity contribution is -0.151. The molecule has 0 saturated heterocycles. The zero-order valence-electron chi connectivity index (χ0n) is 92.8. The molecule has 0 bridgehead atoms. The Morgan fingerprint density at radius 3 is 0.804 bits per heavy atom. The number of rotatable bonds is 51. The van der Waals surface area contributed by atoms with Gasteiger partial charge in [-0.05, 0) is 86.7 Å². The maximum atomic E-state index is 12.1. The van der Waals surface area contributed by atoms with Crippen LogP contribution in [0.2, 0.25) is 0 Å². The lowest BCUT2D eigenvalue weighted by atomic mass is 9.74. The van der Waals surface area contributed by atoms with Gasteiger partial charge in [-0.1, -0.05) is 250 Å². The zero-order chi connectivity index (χ0) is 109. The van der Waals surface area contributed by atoms with Crippen molar-refractivity contribution in [1.29, 1.82) is 0 Å². The van der Waals surface area contributed by atoms with Crippen LogP contribution in [0.3, 0.4) is 0 Å². The molecule has 13 atom stereocenters. The Kier molecular flexibility index (Phi) is 87.0. The van der Waals surface area contributed by atoms with E-state index in [1.54, 1.807) is 39.5 Å². The van der Waals surface area contributed by atoms with Crippen LogP contribution in [0.25, 0.3) is 0 Å². The number of hydrogen-bond acceptors (Lipinski definition) is 30. The third-order valence-electron chi connectivity index (χ3n) is 23.8. The average Bonchev–Trinajstić information content (AvgIpc) is 0.831. The summed E-state index contributed by atoms with van der Waals surface area (Å²) in [6.07, 6.45) is 5.97. The highest BCUT2D eigenvalue weighted by atomic mass is 32.2. The SMILES string of the molecule is C.C=C(C(C)C)[C@@H](CCSC)CC(=O)OC.CC[C@@H](C)[C@H](CC(=O)OC)C(=O)C(C)C.CC[C@H](C)[C@H](CC(=O)OC)C(=O)C(C)C.COC(=O)C[C@H](C(=O)C(C)C)C(C)(C)C.COC(=O)C[C@H](C(=O)C(C)C)C(C)(C)OC.COC(=O)C[C@H](C(=O)C(C)C)C(C)C.COC(=O)C[C@H](C(=O)C(C)C)[C@@H](C)OC.COC(=O)C[C@H](C(=O)C(C)C)[C@H](C)OC.COC(=O)C[C@H](C(=O)C(C)C)c1ccccc1. The van der Waals surface area contributed by atoms with E-state index in [0.29, 0.717) is 12.3 Å². The van der Waals surface area contributed by atoms with Crippen molar-refractivity contribution in [3.63, 3.8) is 0 Å². The first-order valence-electron chi connectivity index (χ1n) is 47.9. The molecular formula is C108H192O29S. The molecule has 0 aromatic heterocycles. The second-order valence-electron chi connectivity index (χ2n) is 38.9. The summed E-state index contributed by atoms with van der Waals surface area (Å²) in [6, 6.07) is 9.36. The Hall–Kier alpha value is -8.22. The normalized spacial score (nSPS) is 13.7. The Morgan fingerprint density at radius 1 is 0.312 bits per heavy atom. The van der Waals surface area contributed by atoms with Gasteiger partial charge in [0.15, 0.2) is 0 Å². The molecule has 29 nitrogen and oxygen atoms in total. The van der Waals surface area contributed by atoms with Crippen molar-refractivity contribution in [2.45, 2.75) is 323 Å². The Balaban J connectivity index is -0.000000194. The zero-order valence-corrected chi connectivity index (χ0v) is 93.6. The summed E-state index contributed by atoms with van der Waals surface area (Å²) in [6.45, 7) is 62.9. The molecule has 1 aromatic carbocycles. The van der Waals surface area contributed by atoms with Crippen molar-refractivity contribution in [1.82, 2.24) is 0 Å². The number of carbonyl (C=O) groups excluding carboxylic acids is 17. The topological polar surface area (TPSA) is 401 Å². The Labute approximate surface area is 837 Å². The van der Waals surface area contributed by atoms with Crippen molar-refractivity contribution in [3.8, 4) is 0 Å². The van der Waals surface area contributed by atoms with Crippen molar-refractivity contribution in [2.75, 3.05) is 97.3 Å². The largest absolute Gasteiger partial charge is 0.469 e. The molecule has 0 unspecified atom stereocenters. The molecule has 0 fully saturated rings. The lowest BCUT2D eigenvalue weighted by Gasteiger charge is -2.32. The fraction of sp³-hybridized carbons (Fsp3) is 0.769. The fourth-order valence-corrected chi connectivity index (χ4v) is 13.8. The number of ether oxygens (including phenoxy) is 12. The molecule has 0 aliphatic carbocycles. The first-order valence-corrected chi connectivity index (χ1v) is 49.3. The highest BCUT2D eigenvalue weighted by Crippen LogP contribution is 2.34. The predicted molar refractivity (Wildman–Crippen MR) is 547 cm³/mol. The van der Waals surface area contributed by atoms with E-state index >= 15 is 0 Å². The highest BCUT2D eigenvalue weighted by Gasteiger charge is 2.40. The van der Waals surface area contributed by atoms with Gasteiger partial charge in [-0.15, -0.1) is 0 Å². The number of esters is 9. The molecule has 0 amide bonds. The number of benzene rings is 1. The molecule has 138 heavy (non-hydrogen) atoms. The summed E-state index contributed by atoms with van der Waals surface area (Å²) in [5.41, 5.74) is 1.18. The van der Waals surface area contributed by atoms with Gasteiger partial charge in [0.25, 0.3) is 0 Å². The van der Waals surface area contributed by atoms with Crippen LogP contribution in [-0.2, 0) is 138 Å². The molecule has 0 N–H and O–H groups in total. The van der Waals surface area contributed by atoms with Crippen molar-refractivity contribution in [3.05, 3.63) is 48.0 Å². The van der Waals surface area contributed by atoms with Gasteiger partial charge in [-0.2, -0.15) is 11.8 Å². The van der Waals surface area contributed by atoms with Gasteiger partial charge in [-0.25, -0.2) is 0 Å². The summed E-state index contributed by atoms with van der Waals surface area (Å²) in [4.78, 5) is 196. The van der Waals surface area contributed by atoms with Gasteiger partial charge in [-0.3, -0.25) is 81.5 Å². The second kappa shape index (κ2) is 81.3. The Morgan fingerprint density at radius 2 is 0.558 bits per heavy atom. The monoisotopic (exact) mass is 1990 g/mol. The molecule has 0 aliphatic rings. The molecule has 0 spiro atoms. The standard InChI is InChI=1S/C14H18O3.C12H22O4.3C12H22O3.C12H22O2S.2C11H20O4.C11H20O3.CH4/c1-10(2)14(16)12(9-13(15)17-3)11-7-5-4-6-8-11;1-8(2)11(14)9(7-10(13)15-5)12(3,4)16-6;1-8(2)11(14)9(12(3,4)5)7-10(13)15-6;2*1-6-9(4)10(7-11(13)15-5)12(14)8(2)3;1-9(2)10(3)11(6-7-15-5)8-12(13)14-4;2*1-7(2)11(13)9(8(3)14-4)6-10(12)15-5;1-7(2)9(6-10(12)14-5)11(13)8(3)4;/h4-8,10,12H,9H2,1-3H3;8-9H,7H2,1-6H3;8-9H,7H2,1-6H3;2*8-10H,6-7H2,1-5H3;9,11H,3,6-8H2,1-2,4-5H3;2*7-9H,6H2,1-5H3;7-9H,6H2,1-5H3;1H4/t12-;2*9-;9-,10+;9-,10-;11-;8-,9+;8-,9-;9-;/m011100100./s1. The third-order valence-corrected chi connectivity index (χ3v) is 24.5. The van der Waals surface area contributed by atoms with E-state index in [0.717, 1.165) is 36.2 Å². The molecule has 0 saturated carbocycles. The molecule has 30 heteroatoms. The van der Waals surface area contributed by atoms with E-state index < -0.39 is 29.3 Å². The van der Waals surface area contributed by atoms with Crippen LogP contribution in [-0.4, -0.2) is 215 Å². The van der Waals surface area contributed by atoms with E-state index in [2.05, 4.69) is 64.6 Å². The van der Waals surface area contributed by atoms with Crippen molar-refractivity contribution >= 4 is 112 Å². The number of methoxy groups -OCH3 is 12. The van der Waals surface area contributed by atoms with Crippen LogP contribution < -0.4 is 0 Å². The van der Waals surface area contributed by atoms with Gasteiger partial charge >= 0.3 is 53.7 Å². The predicted octanol–water partition coefficient (Wildman–Crippen LogP) is 20.4. The Bertz CT molecular complexity index is 3460. The minimum Gasteiger partial charge on any atom is -0.469 e. The van der Waals surface area contributed by atoms with Gasteiger partial charge < -0.3 is 56.8 Å². The van der Waals surface area contributed by atoms with Gasteiger partial charge in [0.05, 0.1) is 163 Å². The van der Waals surface area contributed by atoms with Crippen LogP contribution in [0.4, 0.5) is 0 Å². The van der Waals surface area contributed by atoms with Crippen LogP contribution >= 0.6 is 11.8 Å². The molecule has 0 radical (unpaired) electrons. The average molecular weight is 1990 g/mol. The van der Waals surface area contributed by atoms with E-state index in [1.807, 2.05) is 203 Å². The summed E-state index contributed by atoms with van der Waals surface area (Å²) in [5.74, 6) is -2.72. The number of thioether (sulfide) groups is 1. The third kappa shape index (κ3) is 65.7. The first-order chi connectivity index (χ1) is 63.2. The quantitative estimate of drug-likeness (QED) is 0.0332. The second-order valence-corrected chi connectivity index (χ2v) is 39.8. The number of ketones is 8. The molecule has 0 heterocycles. The van der Waals surface area contributed by atoms with Gasteiger partial charge in [0.1, 0.15) is 46.3 Å². The van der Waals surface area contributed by atoms with Gasteiger partial charge in [0.2, 0.25) is 0 Å². The minimum absolute atomic E-state index is 0. The summed E-state index contributed by atoms with van der Waals surface area (Å²) >= 11 is 1.80. The number of allylic oxidation sites excluding steroid dienone is 1. The van der Waals surface area contributed by atoms with E-state index in [-0.39, 0.29) is 271 Å². The fourth-order valence-electron chi connectivity index (χ4n) is 13.3. The summed E-state index contributed by atoms with van der Waals surface area (Å²) < 4.78 is 57.0. The van der Waals surface area contributed by atoms with Crippen molar-refractivity contribution in [2.24, 2.45) is 124 Å². The van der Waals surface area contributed by atoms with Crippen LogP contribution in [0, 0.1) is 124 Å². The molecule has 0 aliphatic heterocycles. The number of Topliss-reactive ketones (excluding diaryl/α,β-unsaturated/α-hetero) is 8. The summed E-state index contributed by atoms with van der Waals surface area (Å²) in [7, 11) is 16.7. The minimum atomic E-state index is -0.657. The van der Waals surface area contributed by atoms with Crippen LogP contribution in [0.1, 0.15) is 311 Å². The summed E-state index contributed by atoms with van der Waals surface area (Å²) in [5, 5.41) is 0. The number of hydrogen-bond donors (Lipinski definition) is 0. The smallest absolute Gasteiger partial charge is 0.306 e. The van der Waals surface area contributed by atoms with Crippen LogP contribution in [0.5, 0.6) is 0 Å². The number of carbonyl (C=O) groups is 17. The van der Waals surface area contributed by atoms with Crippen molar-refractivity contribution < 1.29 is 138 Å². The maximum absolute atomic E-state index is 12.1. The molecular weight excluding hydrogens is 1790 g/mol. The van der Waals surface area contributed by atoms with E-state index in [9.17, 15) is 81.5 Å². The maximum Gasteiger partial charge on any atom is 0.306 e. The van der Waals surface area contributed by atoms with E-state index in [4.69, 9.17) is 18.9 Å². The highest BCUT2D eigenvalue weighted by molar-refractivity contribution is 7.98. The van der Waals surface area contributed by atoms with Gasteiger partial charge in [0, 0.05) is 92.3 Å². The first kappa shape index (κ1) is 148. The lowest BCUT2D eigenvalue weighted by Crippen LogP contribution is -2.42.